The minimum absolute atomic E-state index is 0. The van der Waals surface area contributed by atoms with Crippen molar-refractivity contribution in [2.24, 2.45) is 10.7 Å². The van der Waals surface area contributed by atoms with Crippen molar-refractivity contribution < 1.29 is 14.6 Å². The summed E-state index contributed by atoms with van der Waals surface area (Å²) >= 11 is 8.26. The van der Waals surface area contributed by atoms with Crippen LogP contribution in [0.4, 0.5) is 10.5 Å². The molecule has 0 spiro atoms. The quantitative estimate of drug-likeness (QED) is 0.308. The maximum atomic E-state index is 9.81. The largest absolute Gasteiger partial charge is 0.506 e. The normalized spacial score (nSPS) is 9.88. The van der Waals surface area contributed by atoms with Gasteiger partial charge in [-0.2, -0.15) is 4.99 Å². The minimum Gasteiger partial charge on any atom is -0.506 e. The number of thiol groups is 1. The number of hydrogen-bond acceptors (Lipinski definition) is 5. The zero-order valence-corrected chi connectivity index (χ0v) is 17.2. The molecule has 0 atom stereocenters. The van der Waals surface area contributed by atoms with E-state index in [1.807, 2.05) is 38.9 Å². The molecule has 0 aliphatic rings. The molecule has 1 aromatic carbocycles. The van der Waals surface area contributed by atoms with Crippen LogP contribution < -0.4 is 5.73 Å². The molecule has 1 aromatic rings. The summed E-state index contributed by atoms with van der Waals surface area (Å²) in [6.07, 6.45) is 0. The van der Waals surface area contributed by atoms with Gasteiger partial charge in [0, 0.05) is 27.2 Å². The zero-order chi connectivity index (χ0) is 18.7. The van der Waals surface area contributed by atoms with E-state index in [1.165, 1.54) is 0 Å². The summed E-state index contributed by atoms with van der Waals surface area (Å²) in [7, 11) is 3.62. The summed E-state index contributed by atoms with van der Waals surface area (Å²) < 4.78 is 5.64. The highest BCUT2D eigenvalue weighted by Gasteiger charge is 2.14. The van der Waals surface area contributed by atoms with Crippen LogP contribution >= 0.6 is 37.3 Å². The van der Waals surface area contributed by atoms with E-state index in [-0.39, 0.29) is 18.2 Å². The van der Waals surface area contributed by atoms with E-state index in [0.717, 1.165) is 13.1 Å². The number of nitrogens with zero attached hydrogens (tertiary/aromatic N) is 3. The zero-order valence-electron chi connectivity index (χ0n) is 14.7. The fourth-order valence-electron chi connectivity index (χ4n) is 1.48. The van der Waals surface area contributed by atoms with Gasteiger partial charge in [0.1, 0.15) is 11.4 Å². The Kier molecular flexibility index (Phi) is 13.9. The van der Waals surface area contributed by atoms with Gasteiger partial charge in [0.15, 0.2) is 0 Å². The van der Waals surface area contributed by atoms with E-state index >= 15 is 0 Å². The Morgan fingerprint density at radius 2 is 1.80 bits per heavy atom. The molecule has 0 saturated heterocycles. The number of thiocarbonyl (C=S) groups is 1. The molecule has 0 heterocycles. The fourth-order valence-corrected chi connectivity index (χ4v) is 1.56. The van der Waals surface area contributed by atoms with Crippen LogP contribution in [0.25, 0.3) is 0 Å². The Balaban J connectivity index is 0. The standard InChI is InChI=1S/C14H21N3O2S.CH3NOS.ClH/c1-5-17(6-2)13(19-14(20)16(3)4)15-11-9-7-8-10-12(11)18;2-1(3)4;/h7-10,18H,5-6H2,1-4H3;(H3,2,3,4);1H. The van der Waals surface area contributed by atoms with Crippen LogP contribution in [-0.2, 0) is 4.74 Å². The fraction of sp³-hybridized carbons (Fsp3) is 0.400. The molecular formula is C15H25ClN4O3S2. The number of amidine groups is 1. The number of hydrogen-bond donors (Lipinski definition) is 3. The molecule has 3 N–H and O–H groups in total. The van der Waals surface area contributed by atoms with Gasteiger partial charge in [0.25, 0.3) is 16.4 Å². The van der Waals surface area contributed by atoms with E-state index in [0.29, 0.717) is 16.9 Å². The lowest BCUT2D eigenvalue weighted by Crippen LogP contribution is -2.36. The highest BCUT2D eigenvalue weighted by Crippen LogP contribution is 2.25. The number of ether oxygens (including phenoxy) is 1. The topological polar surface area (TPSA) is 91.4 Å². The van der Waals surface area contributed by atoms with E-state index in [9.17, 15) is 5.11 Å². The molecule has 0 unspecified atom stereocenters. The maximum absolute atomic E-state index is 9.81. The first-order valence-corrected chi connectivity index (χ1v) is 8.07. The second-order valence-electron chi connectivity index (χ2n) is 4.66. The lowest BCUT2D eigenvalue weighted by atomic mass is 10.3. The smallest absolute Gasteiger partial charge is 0.300 e. The van der Waals surface area contributed by atoms with E-state index in [4.69, 9.17) is 21.7 Å². The first-order valence-electron chi connectivity index (χ1n) is 7.22. The summed E-state index contributed by atoms with van der Waals surface area (Å²) in [6.45, 7) is 5.48. The average molecular weight is 409 g/mol. The number of carbonyl (C=O) groups excluding carboxylic acids is 1. The number of carbonyl (C=O) groups is 1. The monoisotopic (exact) mass is 408 g/mol. The van der Waals surface area contributed by atoms with Gasteiger partial charge in [-0.1, -0.05) is 24.8 Å². The third-order valence-corrected chi connectivity index (χ3v) is 3.12. The minimum atomic E-state index is -0.639. The second kappa shape index (κ2) is 13.6. The lowest BCUT2D eigenvalue weighted by molar-refractivity contribution is 0.267. The molecule has 0 bridgehead atoms. The molecule has 0 aromatic heterocycles. The summed E-state index contributed by atoms with van der Waals surface area (Å²) in [5, 5.41) is 9.49. The number of rotatable bonds is 3. The predicted octanol–water partition coefficient (Wildman–Crippen LogP) is 3.00. The average Bonchev–Trinajstić information content (AvgIpc) is 2.49. The molecule has 0 aliphatic heterocycles. The number of para-hydroxylation sites is 2. The van der Waals surface area contributed by atoms with Crippen LogP contribution in [-0.4, -0.2) is 58.5 Å². The molecule has 25 heavy (non-hydrogen) atoms. The molecule has 7 nitrogen and oxygen atoms in total. The van der Waals surface area contributed by atoms with Gasteiger partial charge in [-0.05, 0) is 38.2 Å². The molecule has 1 amide bonds. The predicted molar refractivity (Wildman–Crippen MR) is 111 cm³/mol. The number of halogens is 1. The summed E-state index contributed by atoms with van der Waals surface area (Å²) in [5.41, 5.74) is 4.79. The van der Waals surface area contributed by atoms with Crippen molar-refractivity contribution in [2.45, 2.75) is 13.8 Å². The number of phenolic OH excluding ortho intramolecular Hbond substituents is 1. The number of nitrogens with two attached hydrogens (primary N) is 1. The van der Waals surface area contributed by atoms with E-state index in [2.05, 4.69) is 23.4 Å². The molecule has 0 fully saturated rings. The Labute approximate surface area is 165 Å². The number of primary amides is 1. The van der Waals surface area contributed by atoms with Crippen molar-refractivity contribution in [2.75, 3.05) is 27.2 Å². The molecule has 0 saturated carbocycles. The van der Waals surface area contributed by atoms with Crippen molar-refractivity contribution in [3.8, 4) is 5.75 Å². The maximum Gasteiger partial charge on any atom is 0.300 e. The molecular weight excluding hydrogens is 384 g/mol. The van der Waals surface area contributed by atoms with Crippen LogP contribution in [0.15, 0.2) is 29.3 Å². The van der Waals surface area contributed by atoms with Crippen LogP contribution in [0, 0.1) is 0 Å². The Morgan fingerprint density at radius 3 is 2.20 bits per heavy atom. The second-order valence-corrected chi connectivity index (χ2v) is 5.45. The summed E-state index contributed by atoms with van der Waals surface area (Å²) in [5.74, 6) is 0.108. The third kappa shape index (κ3) is 10.7. The lowest BCUT2D eigenvalue weighted by Gasteiger charge is -2.24. The Hall–Kier alpha value is -1.71. The van der Waals surface area contributed by atoms with Gasteiger partial charge in [0.05, 0.1) is 0 Å². The van der Waals surface area contributed by atoms with Crippen LogP contribution in [0.5, 0.6) is 5.75 Å². The van der Waals surface area contributed by atoms with Crippen LogP contribution in [0.2, 0.25) is 0 Å². The number of aliphatic imine (C=N–C) groups is 1. The highest BCUT2D eigenvalue weighted by atomic mass is 35.5. The van der Waals surface area contributed by atoms with Crippen molar-refractivity contribution in [3.05, 3.63) is 24.3 Å². The first kappa shape index (κ1) is 25.5. The molecule has 0 aliphatic carbocycles. The molecule has 0 radical (unpaired) electrons. The van der Waals surface area contributed by atoms with Gasteiger partial charge in [-0.15, -0.1) is 12.4 Å². The van der Waals surface area contributed by atoms with Crippen LogP contribution in [0.3, 0.4) is 0 Å². The number of phenols is 1. The molecule has 10 heteroatoms. The highest BCUT2D eigenvalue weighted by molar-refractivity contribution is 7.96. The van der Waals surface area contributed by atoms with Gasteiger partial charge in [-0.25, -0.2) is 0 Å². The number of benzene rings is 1. The third-order valence-electron chi connectivity index (χ3n) is 2.68. The van der Waals surface area contributed by atoms with E-state index in [1.54, 1.807) is 23.1 Å². The van der Waals surface area contributed by atoms with Gasteiger partial charge in [-0.3, -0.25) is 4.79 Å². The number of aromatic hydroxyl groups is 1. The summed E-state index contributed by atoms with van der Waals surface area (Å²) in [6, 6.07) is 7.25. The van der Waals surface area contributed by atoms with Gasteiger partial charge < -0.3 is 25.4 Å². The number of amides is 1. The summed E-state index contributed by atoms with van der Waals surface area (Å²) in [4.78, 5) is 17.1. The van der Waals surface area contributed by atoms with Gasteiger partial charge >= 0.3 is 0 Å². The Bertz CT molecular complexity index is 578. The van der Waals surface area contributed by atoms with Crippen LogP contribution in [0.1, 0.15) is 13.8 Å². The van der Waals surface area contributed by atoms with Crippen molar-refractivity contribution >= 4 is 59.4 Å². The van der Waals surface area contributed by atoms with E-state index < -0.39 is 5.24 Å². The molecule has 1 rings (SSSR count). The SMILES string of the molecule is CCN(CC)C(=Nc1ccccc1O)OC(=S)N(C)C.Cl.NC(=O)S. The van der Waals surface area contributed by atoms with Crippen molar-refractivity contribution in [1.29, 1.82) is 0 Å². The molecule has 142 valence electrons. The van der Waals surface area contributed by atoms with Gasteiger partial charge in [0.2, 0.25) is 0 Å². The Morgan fingerprint density at radius 1 is 1.32 bits per heavy atom. The first-order chi connectivity index (χ1) is 11.2. The van der Waals surface area contributed by atoms with Crippen molar-refractivity contribution in [3.63, 3.8) is 0 Å². The van der Waals surface area contributed by atoms with Crippen molar-refractivity contribution in [1.82, 2.24) is 9.80 Å².